The second-order valence-electron chi connectivity index (χ2n) is 7.16. The molecule has 2 aliphatic rings. The zero-order valence-electron chi connectivity index (χ0n) is 15.3. The Labute approximate surface area is 160 Å². The Morgan fingerprint density at radius 1 is 1.23 bits per heavy atom. The van der Waals surface area contributed by atoms with E-state index in [1.165, 1.54) is 0 Å². The summed E-state index contributed by atoms with van der Waals surface area (Å²) in [7, 11) is -1.27. The first-order valence-electron chi connectivity index (χ1n) is 8.99. The van der Waals surface area contributed by atoms with Crippen molar-refractivity contribution in [2.45, 2.75) is 25.4 Å². The van der Waals surface area contributed by atoms with E-state index in [1.54, 1.807) is 11.9 Å². The third kappa shape index (κ3) is 4.15. The normalized spacial score (nSPS) is 24.4. The van der Waals surface area contributed by atoms with Crippen LogP contribution in [0.25, 0.3) is 0 Å². The number of hydrogen-bond acceptors (Lipinski definition) is 5. The third-order valence-corrected chi connectivity index (χ3v) is 7.59. The van der Waals surface area contributed by atoms with E-state index >= 15 is 0 Å². The minimum Gasteiger partial charge on any atom is -0.368 e. The maximum Gasteiger partial charge on any atom is 0.239 e. The van der Waals surface area contributed by atoms with Crippen molar-refractivity contribution in [2.75, 3.05) is 49.6 Å². The number of para-hydroxylation sites is 1. The summed E-state index contributed by atoms with van der Waals surface area (Å²) in [4.78, 5) is 18.8. The van der Waals surface area contributed by atoms with Crippen molar-refractivity contribution in [1.29, 1.82) is 0 Å². The molecular weight excluding hydrogens is 374 g/mol. The fourth-order valence-electron chi connectivity index (χ4n) is 3.77. The van der Waals surface area contributed by atoms with Gasteiger partial charge in [0, 0.05) is 39.3 Å². The minimum atomic E-state index is -2.99. The van der Waals surface area contributed by atoms with E-state index in [9.17, 15) is 13.2 Å². The van der Waals surface area contributed by atoms with Crippen molar-refractivity contribution >= 4 is 33.0 Å². The number of carbonyl (C=O) groups excluding carboxylic acids is 1. The number of nitrogens with zero attached hydrogens (tertiary/aromatic N) is 3. The molecule has 2 atom stereocenters. The summed E-state index contributed by atoms with van der Waals surface area (Å²) < 4.78 is 23.3. The predicted octanol–water partition coefficient (Wildman–Crippen LogP) is 1.50. The van der Waals surface area contributed by atoms with Crippen molar-refractivity contribution in [2.24, 2.45) is 0 Å². The lowest BCUT2D eigenvalue weighted by atomic mass is 10.1. The molecule has 2 aliphatic heterocycles. The number of likely N-dealkylation sites (N-methyl/N-ethyl adjacent to an activating group) is 1. The number of anilines is 1. The molecule has 26 heavy (non-hydrogen) atoms. The molecule has 0 saturated carbocycles. The molecule has 2 fully saturated rings. The van der Waals surface area contributed by atoms with Gasteiger partial charge in [-0.15, -0.1) is 0 Å². The zero-order valence-corrected chi connectivity index (χ0v) is 16.8. The van der Waals surface area contributed by atoms with Gasteiger partial charge in [0.1, 0.15) is 0 Å². The van der Waals surface area contributed by atoms with Gasteiger partial charge in [-0.2, -0.15) is 0 Å². The number of rotatable bonds is 4. The lowest BCUT2D eigenvalue weighted by Crippen LogP contribution is -2.55. The molecule has 1 aromatic rings. The van der Waals surface area contributed by atoms with E-state index < -0.39 is 9.84 Å². The minimum absolute atomic E-state index is 0.00158. The summed E-state index contributed by atoms with van der Waals surface area (Å²) >= 11 is 6.28. The fourth-order valence-corrected chi connectivity index (χ4v) is 5.80. The molecule has 0 unspecified atom stereocenters. The molecule has 0 radical (unpaired) electrons. The molecule has 0 bridgehead atoms. The van der Waals surface area contributed by atoms with E-state index in [0.29, 0.717) is 6.42 Å². The van der Waals surface area contributed by atoms with Crippen LogP contribution in [0, 0.1) is 0 Å². The number of carbonyl (C=O) groups is 1. The standard InChI is InChI=1S/C18H26ClN3O3S/c1-14(18(23)20(2)15-7-12-26(24,25)13-15)21-8-10-22(11-9-21)17-6-4-3-5-16(17)19/h3-6,14-15H,7-13H2,1-2H3/t14-,15-/m1/s1. The monoisotopic (exact) mass is 399 g/mol. The van der Waals surface area contributed by atoms with Crippen LogP contribution in [0.15, 0.2) is 24.3 Å². The highest BCUT2D eigenvalue weighted by Gasteiger charge is 2.36. The maximum absolute atomic E-state index is 12.8. The molecule has 0 spiro atoms. The molecule has 2 heterocycles. The highest BCUT2D eigenvalue weighted by molar-refractivity contribution is 7.91. The first-order valence-corrected chi connectivity index (χ1v) is 11.2. The van der Waals surface area contributed by atoms with Crippen LogP contribution in [-0.4, -0.2) is 80.9 Å². The van der Waals surface area contributed by atoms with Gasteiger partial charge in [-0.25, -0.2) is 8.42 Å². The van der Waals surface area contributed by atoms with Gasteiger partial charge in [0.15, 0.2) is 9.84 Å². The largest absolute Gasteiger partial charge is 0.368 e. The van der Waals surface area contributed by atoms with Gasteiger partial charge >= 0.3 is 0 Å². The topological polar surface area (TPSA) is 60.9 Å². The number of halogens is 1. The van der Waals surface area contributed by atoms with E-state index in [1.807, 2.05) is 31.2 Å². The number of amides is 1. The van der Waals surface area contributed by atoms with Crippen molar-refractivity contribution < 1.29 is 13.2 Å². The summed E-state index contributed by atoms with van der Waals surface area (Å²) in [5, 5.41) is 0.743. The van der Waals surface area contributed by atoms with Gasteiger partial charge in [0.05, 0.1) is 28.3 Å². The van der Waals surface area contributed by atoms with Gasteiger partial charge < -0.3 is 9.80 Å². The highest BCUT2D eigenvalue weighted by atomic mass is 35.5. The van der Waals surface area contributed by atoms with E-state index in [-0.39, 0.29) is 29.5 Å². The second kappa shape index (κ2) is 7.74. The summed E-state index contributed by atoms with van der Waals surface area (Å²) in [6.07, 6.45) is 0.539. The Morgan fingerprint density at radius 3 is 2.46 bits per heavy atom. The maximum atomic E-state index is 12.8. The Balaban J connectivity index is 1.57. The predicted molar refractivity (Wildman–Crippen MR) is 105 cm³/mol. The fraction of sp³-hybridized carbons (Fsp3) is 0.611. The van der Waals surface area contributed by atoms with Crippen LogP contribution in [0.4, 0.5) is 5.69 Å². The van der Waals surface area contributed by atoms with Gasteiger partial charge in [-0.1, -0.05) is 23.7 Å². The summed E-state index contributed by atoms with van der Waals surface area (Å²) in [5.74, 6) is 0.265. The van der Waals surface area contributed by atoms with Crippen molar-refractivity contribution in [3.05, 3.63) is 29.3 Å². The lowest BCUT2D eigenvalue weighted by Gasteiger charge is -2.40. The van der Waals surface area contributed by atoms with E-state index in [2.05, 4.69) is 9.80 Å². The van der Waals surface area contributed by atoms with Crippen molar-refractivity contribution in [3.8, 4) is 0 Å². The molecular formula is C18H26ClN3O3S. The van der Waals surface area contributed by atoms with Crippen LogP contribution in [0.3, 0.4) is 0 Å². The average molecular weight is 400 g/mol. The summed E-state index contributed by atoms with van der Waals surface area (Å²) in [6, 6.07) is 7.35. The Morgan fingerprint density at radius 2 is 1.88 bits per heavy atom. The number of hydrogen-bond donors (Lipinski definition) is 0. The first kappa shape index (κ1) is 19.5. The van der Waals surface area contributed by atoms with Gasteiger partial charge in [0.2, 0.25) is 5.91 Å². The zero-order chi connectivity index (χ0) is 18.9. The SMILES string of the molecule is C[C@H](C(=O)N(C)[C@@H]1CCS(=O)(=O)C1)N1CCN(c2ccccc2Cl)CC1. The number of piperazine rings is 1. The molecule has 6 nitrogen and oxygen atoms in total. The van der Waals surface area contributed by atoms with Crippen LogP contribution in [0.1, 0.15) is 13.3 Å². The van der Waals surface area contributed by atoms with E-state index in [4.69, 9.17) is 11.6 Å². The van der Waals surface area contributed by atoms with Crippen LogP contribution in [0.2, 0.25) is 5.02 Å². The van der Waals surface area contributed by atoms with Gasteiger partial charge in [-0.05, 0) is 25.5 Å². The smallest absolute Gasteiger partial charge is 0.239 e. The lowest BCUT2D eigenvalue weighted by molar-refractivity contribution is -0.136. The van der Waals surface area contributed by atoms with Gasteiger partial charge in [-0.3, -0.25) is 9.69 Å². The Kier molecular flexibility index (Phi) is 5.79. The summed E-state index contributed by atoms with van der Waals surface area (Å²) in [6.45, 7) is 5.07. The highest BCUT2D eigenvalue weighted by Crippen LogP contribution is 2.26. The van der Waals surface area contributed by atoms with E-state index in [0.717, 1.165) is 36.9 Å². The average Bonchev–Trinajstić information content (AvgIpc) is 3.00. The molecule has 1 amide bonds. The van der Waals surface area contributed by atoms with Crippen LogP contribution in [-0.2, 0) is 14.6 Å². The quantitative estimate of drug-likeness (QED) is 0.767. The van der Waals surface area contributed by atoms with Crippen LogP contribution < -0.4 is 4.90 Å². The summed E-state index contributed by atoms with van der Waals surface area (Å²) in [5.41, 5.74) is 1.03. The molecule has 144 valence electrons. The Hall–Kier alpha value is -1.31. The van der Waals surface area contributed by atoms with Gasteiger partial charge in [0.25, 0.3) is 0 Å². The molecule has 2 saturated heterocycles. The number of benzene rings is 1. The Bertz CT molecular complexity index is 763. The van der Waals surface area contributed by atoms with Crippen LogP contribution >= 0.6 is 11.6 Å². The molecule has 8 heteroatoms. The molecule has 0 aromatic heterocycles. The van der Waals surface area contributed by atoms with Crippen molar-refractivity contribution in [3.63, 3.8) is 0 Å². The van der Waals surface area contributed by atoms with Crippen molar-refractivity contribution in [1.82, 2.24) is 9.80 Å². The first-order chi connectivity index (χ1) is 12.3. The van der Waals surface area contributed by atoms with Crippen LogP contribution in [0.5, 0.6) is 0 Å². The molecule has 0 aliphatic carbocycles. The third-order valence-electron chi connectivity index (χ3n) is 5.52. The number of sulfone groups is 1. The molecule has 0 N–H and O–H groups in total. The molecule has 3 rings (SSSR count). The second-order valence-corrected chi connectivity index (χ2v) is 9.79. The molecule has 1 aromatic carbocycles.